The quantitative estimate of drug-likeness (QED) is 0.860. The minimum atomic E-state index is -0.251. The van der Waals surface area contributed by atoms with Gasteiger partial charge in [-0.1, -0.05) is 26.2 Å². The van der Waals surface area contributed by atoms with Gasteiger partial charge in [-0.05, 0) is 18.8 Å². The number of amides is 1. The van der Waals surface area contributed by atoms with Crippen molar-refractivity contribution in [3.8, 4) is 0 Å². The number of nitrogens with one attached hydrogen (secondary N) is 2. The lowest BCUT2D eigenvalue weighted by molar-refractivity contribution is 0.0917. The molecule has 0 spiro atoms. The van der Waals surface area contributed by atoms with Crippen molar-refractivity contribution < 1.29 is 4.79 Å². The van der Waals surface area contributed by atoms with Crippen molar-refractivity contribution in [2.45, 2.75) is 45.1 Å². The highest BCUT2D eigenvalue weighted by Crippen LogP contribution is 2.26. The van der Waals surface area contributed by atoms with Gasteiger partial charge in [-0.2, -0.15) is 0 Å². The predicted octanol–water partition coefficient (Wildman–Crippen LogP) is 2.07. The summed E-state index contributed by atoms with van der Waals surface area (Å²) in [6.07, 6.45) is 8.65. The number of carbonyl (C=O) groups is 1. The molecule has 1 aliphatic carbocycles. The molecule has 2 unspecified atom stereocenters. The Balaban J connectivity index is 1.99. The van der Waals surface area contributed by atoms with Crippen LogP contribution in [-0.4, -0.2) is 16.9 Å². The second-order valence-corrected chi connectivity index (χ2v) is 5.03. The molecule has 18 heavy (non-hydrogen) atoms. The van der Waals surface area contributed by atoms with Gasteiger partial charge in [0.1, 0.15) is 5.56 Å². The van der Waals surface area contributed by atoms with Gasteiger partial charge in [0, 0.05) is 24.5 Å². The van der Waals surface area contributed by atoms with E-state index in [2.05, 4.69) is 17.2 Å². The molecule has 1 aromatic rings. The Labute approximate surface area is 107 Å². The van der Waals surface area contributed by atoms with E-state index < -0.39 is 0 Å². The van der Waals surface area contributed by atoms with Crippen LogP contribution in [0.15, 0.2) is 23.3 Å². The number of pyridine rings is 1. The molecule has 1 saturated carbocycles. The van der Waals surface area contributed by atoms with Crippen molar-refractivity contribution >= 4 is 5.91 Å². The topological polar surface area (TPSA) is 62.0 Å². The number of hydrogen-bond donors (Lipinski definition) is 2. The zero-order valence-electron chi connectivity index (χ0n) is 10.7. The van der Waals surface area contributed by atoms with Crippen LogP contribution in [0, 0.1) is 5.92 Å². The van der Waals surface area contributed by atoms with Crippen molar-refractivity contribution in [2.24, 2.45) is 5.92 Å². The molecular weight excluding hydrogens is 228 g/mol. The molecule has 0 radical (unpaired) electrons. The van der Waals surface area contributed by atoms with Crippen LogP contribution in [0.2, 0.25) is 0 Å². The van der Waals surface area contributed by atoms with E-state index in [-0.39, 0.29) is 22.9 Å². The highest BCUT2D eigenvalue weighted by molar-refractivity contribution is 5.93. The van der Waals surface area contributed by atoms with Crippen molar-refractivity contribution in [3.63, 3.8) is 0 Å². The van der Waals surface area contributed by atoms with Gasteiger partial charge in [0.15, 0.2) is 5.43 Å². The summed E-state index contributed by atoms with van der Waals surface area (Å²) in [4.78, 5) is 26.3. The molecule has 1 aromatic heterocycles. The molecule has 0 aliphatic heterocycles. The molecule has 0 bridgehead atoms. The van der Waals surface area contributed by atoms with E-state index in [1.54, 1.807) is 0 Å². The zero-order chi connectivity index (χ0) is 13.0. The molecule has 98 valence electrons. The first kappa shape index (κ1) is 12.9. The predicted molar refractivity (Wildman–Crippen MR) is 70.6 cm³/mol. The van der Waals surface area contributed by atoms with E-state index in [1.165, 1.54) is 24.9 Å². The first-order chi connectivity index (χ1) is 8.70. The van der Waals surface area contributed by atoms with Crippen LogP contribution in [0.4, 0.5) is 0 Å². The van der Waals surface area contributed by atoms with Crippen molar-refractivity contribution in [2.75, 3.05) is 0 Å². The Kier molecular flexibility index (Phi) is 4.18. The van der Waals surface area contributed by atoms with E-state index >= 15 is 0 Å². The molecule has 2 rings (SSSR count). The Bertz CT molecular complexity index is 467. The minimum Gasteiger partial charge on any atom is -0.367 e. The second kappa shape index (κ2) is 5.85. The fraction of sp³-hybridized carbons (Fsp3) is 0.571. The molecule has 4 nitrogen and oxygen atoms in total. The third kappa shape index (κ3) is 3.00. The summed E-state index contributed by atoms with van der Waals surface area (Å²) in [5.74, 6) is 0.455. The molecule has 1 fully saturated rings. The normalized spacial score (nSPS) is 23.6. The Morgan fingerprint density at radius 3 is 3.06 bits per heavy atom. The molecule has 0 saturated heterocycles. The number of rotatable bonds is 3. The average molecular weight is 248 g/mol. The summed E-state index contributed by atoms with van der Waals surface area (Å²) >= 11 is 0. The fourth-order valence-electron chi connectivity index (χ4n) is 2.65. The second-order valence-electron chi connectivity index (χ2n) is 5.03. The third-order valence-corrected chi connectivity index (χ3v) is 3.76. The molecule has 4 heteroatoms. The van der Waals surface area contributed by atoms with Crippen LogP contribution in [0.5, 0.6) is 0 Å². The summed E-state index contributed by atoms with van der Waals surface area (Å²) in [6, 6.07) is 1.60. The SMILES string of the molecule is CCC1CCCC(NC(=O)c2c[nH]ccc2=O)C1. The van der Waals surface area contributed by atoms with Gasteiger partial charge in [0.2, 0.25) is 0 Å². The lowest BCUT2D eigenvalue weighted by Gasteiger charge is -2.29. The van der Waals surface area contributed by atoms with Gasteiger partial charge in [-0.25, -0.2) is 0 Å². The van der Waals surface area contributed by atoms with E-state index in [0.717, 1.165) is 25.7 Å². The summed E-state index contributed by atoms with van der Waals surface area (Å²) < 4.78 is 0. The van der Waals surface area contributed by atoms with Crippen LogP contribution in [0.1, 0.15) is 49.4 Å². The summed E-state index contributed by atoms with van der Waals surface area (Å²) in [5, 5.41) is 2.98. The highest BCUT2D eigenvalue weighted by atomic mass is 16.2. The van der Waals surface area contributed by atoms with E-state index in [9.17, 15) is 9.59 Å². The molecule has 1 aliphatic rings. The molecule has 2 N–H and O–H groups in total. The number of H-pyrrole nitrogens is 1. The van der Waals surface area contributed by atoms with Crippen LogP contribution < -0.4 is 10.7 Å². The first-order valence-corrected chi connectivity index (χ1v) is 6.68. The van der Waals surface area contributed by atoms with Crippen LogP contribution >= 0.6 is 0 Å². The van der Waals surface area contributed by atoms with Gasteiger partial charge >= 0.3 is 0 Å². The minimum absolute atomic E-state index is 0.205. The van der Waals surface area contributed by atoms with E-state index in [1.807, 2.05) is 0 Å². The summed E-state index contributed by atoms with van der Waals surface area (Å²) in [6.45, 7) is 2.19. The number of hydrogen-bond acceptors (Lipinski definition) is 2. The molecular formula is C14H20N2O2. The molecule has 1 amide bonds. The Morgan fingerprint density at radius 1 is 1.50 bits per heavy atom. The van der Waals surface area contributed by atoms with E-state index in [4.69, 9.17) is 0 Å². The Hall–Kier alpha value is -1.58. The Morgan fingerprint density at radius 2 is 2.33 bits per heavy atom. The standard InChI is InChI=1S/C14H20N2O2/c1-2-10-4-3-5-11(8-10)16-14(18)12-9-15-7-6-13(12)17/h6-7,9-11H,2-5,8H2,1H3,(H,15,17)(H,16,18). The number of aromatic amines is 1. The van der Waals surface area contributed by atoms with Crippen molar-refractivity contribution in [1.29, 1.82) is 0 Å². The van der Waals surface area contributed by atoms with Gasteiger partial charge in [-0.3, -0.25) is 9.59 Å². The maximum atomic E-state index is 12.0. The van der Waals surface area contributed by atoms with Crippen molar-refractivity contribution in [3.05, 3.63) is 34.2 Å². The van der Waals surface area contributed by atoms with E-state index in [0.29, 0.717) is 5.92 Å². The lowest BCUT2D eigenvalue weighted by Crippen LogP contribution is -2.40. The number of carbonyl (C=O) groups excluding carboxylic acids is 1. The van der Waals surface area contributed by atoms with Crippen LogP contribution in [0.25, 0.3) is 0 Å². The maximum Gasteiger partial charge on any atom is 0.256 e. The molecule has 2 atom stereocenters. The monoisotopic (exact) mass is 248 g/mol. The van der Waals surface area contributed by atoms with Gasteiger partial charge in [-0.15, -0.1) is 0 Å². The number of aromatic nitrogens is 1. The lowest BCUT2D eigenvalue weighted by atomic mass is 9.84. The summed E-state index contributed by atoms with van der Waals surface area (Å²) in [5.41, 5.74) is -0.0229. The van der Waals surface area contributed by atoms with Crippen LogP contribution in [0.3, 0.4) is 0 Å². The van der Waals surface area contributed by atoms with Crippen LogP contribution in [-0.2, 0) is 0 Å². The van der Waals surface area contributed by atoms with Crippen molar-refractivity contribution in [1.82, 2.24) is 10.3 Å². The third-order valence-electron chi connectivity index (χ3n) is 3.76. The fourth-order valence-corrected chi connectivity index (χ4v) is 2.65. The molecule has 0 aromatic carbocycles. The highest BCUT2D eigenvalue weighted by Gasteiger charge is 2.23. The first-order valence-electron chi connectivity index (χ1n) is 6.68. The van der Waals surface area contributed by atoms with Gasteiger partial charge in [0.05, 0.1) is 0 Å². The molecule has 1 heterocycles. The average Bonchev–Trinajstić information content (AvgIpc) is 2.39. The van der Waals surface area contributed by atoms with Gasteiger partial charge in [0.25, 0.3) is 5.91 Å². The van der Waals surface area contributed by atoms with Gasteiger partial charge < -0.3 is 10.3 Å². The summed E-state index contributed by atoms with van der Waals surface area (Å²) in [7, 11) is 0. The smallest absolute Gasteiger partial charge is 0.256 e. The maximum absolute atomic E-state index is 12.0. The largest absolute Gasteiger partial charge is 0.367 e. The zero-order valence-corrected chi connectivity index (χ0v) is 10.7.